The number of aromatic nitrogens is 2. The van der Waals surface area contributed by atoms with E-state index >= 15 is 0 Å². The van der Waals surface area contributed by atoms with E-state index in [0.717, 1.165) is 41.8 Å². The summed E-state index contributed by atoms with van der Waals surface area (Å²) in [5.74, 6) is -0.216. The Kier molecular flexibility index (Phi) is 3.82. The summed E-state index contributed by atoms with van der Waals surface area (Å²) in [6.07, 6.45) is 4.10. The maximum Gasteiger partial charge on any atom is 0.272 e. The molecule has 1 amide bonds. The van der Waals surface area contributed by atoms with Crippen molar-refractivity contribution in [1.82, 2.24) is 15.5 Å². The number of hydrogen-bond donors (Lipinski definition) is 3. The molecule has 2 heterocycles. The molecule has 0 radical (unpaired) electrons. The molecule has 6 heteroatoms. The summed E-state index contributed by atoms with van der Waals surface area (Å²) in [5.41, 5.74) is 1.54. The minimum atomic E-state index is -1.06. The highest BCUT2D eigenvalue weighted by molar-refractivity contribution is 7.10. The highest BCUT2D eigenvalue weighted by atomic mass is 32.1. The summed E-state index contributed by atoms with van der Waals surface area (Å²) in [4.78, 5) is 13.1. The van der Waals surface area contributed by atoms with Gasteiger partial charge in [-0.15, -0.1) is 11.3 Å². The molecule has 2 aromatic rings. The quantitative estimate of drug-likeness (QED) is 0.808. The van der Waals surface area contributed by atoms with Crippen LogP contribution in [0.15, 0.2) is 17.5 Å². The Balaban J connectivity index is 1.68. The first kappa shape index (κ1) is 14.3. The van der Waals surface area contributed by atoms with Gasteiger partial charge in [0.25, 0.3) is 5.91 Å². The van der Waals surface area contributed by atoms with Crippen LogP contribution in [0.25, 0.3) is 0 Å². The van der Waals surface area contributed by atoms with Crippen molar-refractivity contribution in [2.45, 2.75) is 38.2 Å². The van der Waals surface area contributed by atoms with Gasteiger partial charge in [0.1, 0.15) is 5.60 Å². The molecule has 0 aliphatic heterocycles. The first-order valence-corrected chi connectivity index (χ1v) is 8.06. The summed E-state index contributed by atoms with van der Waals surface area (Å²) < 4.78 is 0. The molecule has 0 saturated heterocycles. The zero-order chi connectivity index (χ0) is 14.9. The van der Waals surface area contributed by atoms with Gasteiger partial charge in [-0.1, -0.05) is 6.07 Å². The van der Waals surface area contributed by atoms with E-state index in [1.54, 1.807) is 6.92 Å². The molecule has 1 unspecified atom stereocenters. The number of aryl methyl sites for hydroxylation is 1. The van der Waals surface area contributed by atoms with Gasteiger partial charge < -0.3 is 10.4 Å². The number of carbonyl (C=O) groups is 1. The Bertz CT molecular complexity index is 631. The Labute approximate surface area is 127 Å². The van der Waals surface area contributed by atoms with Crippen molar-refractivity contribution in [3.63, 3.8) is 0 Å². The van der Waals surface area contributed by atoms with Crippen LogP contribution in [0.3, 0.4) is 0 Å². The Morgan fingerprint density at radius 1 is 1.52 bits per heavy atom. The van der Waals surface area contributed by atoms with Gasteiger partial charge in [0.15, 0.2) is 5.69 Å². The smallest absolute Gasteiger partial charge is 0.272 e. The van der Waals surface area contributed by atoms with E-state index in [1.807, 2.05) is 17.5 Å². The standard InChI is InChI=1S/C15H19N3O2S/c1-15(20,12-7-4-8-21-12)9-16-14(19)13-10-5-2-3-6-11(10)17-18-13/h4,7-8,20H,2-3,5-6,9H2,1H3,(H,16,19)(H,17,18). The average Bonchev–Trinajstić information content (AvgIpc) is 3.14. The molecular formula is C15H19N3O2S. The second-order valence-electron chi connectivity index (χ2n) is 5.67. The van der Waals surface area contributed by atoms with Gasteiger partial charge in [-0.25, -0.2) is 0 Å². The molecular weight excluding hydrogens is 286 g/mol. The summed E-state index contributed by atoms with van der Waals surface area (Å²) in [7, 11) is 0. The van der Waals surface area contributed by atoms with Gasteiger partial charge in [-0.2, -0.15) is 5.10 Å². The summed E-state index contributed by atoms with van der Waals surface area (Å²) in [6.45, 7) is 1.88. The van der Waals surface area contributed by atoms with Crippen LogP contribution in [0, 0.1) is 0 Å². The van der Waals surface area contributed by atoms with Crippen molar-refractivity contribution in [3.05, 3.63) is 39.3 Å². The molecule has 3 rings (SSSR count). The maximum absolute atomic E-state index is 12.3. The lowest BCUT2D eigenvalue weighted by Gasteiger charge is -2.22. The van der Waals surface area contributed by atoms with Gasteiger partial charge in [-0.05, 0) is 44.1 Å². The fourth-order valence-corrected chi connectivity index (χ4v) is 3.46. The van der Waals surface area contributed by atoms with E-state index in [1.165, 1.54) is 11.3 Å². The number of fused-ring (bicyclic) bond motifs is 1. The van der Waals surface area contributed by atoms with E-state index in [0.29, 0.717) is 5.69 Å². The fourth-order valence-electron chi connectivity index (χ4n) is 2.68. The highest BCUT2D eigenvalue weighted by Crippen LogP contribution is 2.25. The first-order valence-electron chi connectivity index (χ1n) is 7.18. The molecule has 3 N–H and O–H groups in total. The van der Waals surface area contributed by atoms with Gasteiger partial charge in [-0.3, -0.25) is 9.89 Å². The lowest BCUT2D eigenvalue weighted by atomic mass is 9.95. The molecule has 1 atom stereocenters. The van der Waals surface area contributed by atoms with Crippen molar-refractivity contribution >= 4 is 17.2 Å². The van der Waals surface area contributed by atoms with Gasteiger partial charge in [0, 0.05) is 16.1 Å². The van der Waals surface area contributed by atoms with Crippen LogP contribution >= 0.6 is 11.3 Å². The van der Waals surface area contributed by atoms with Crippen LogP contribution in [-0.2, 0) is 18.4 Å². The van der Waals surface area contributed by atoms with Crippen LogP contribution in [-0.4, -0.2) is 27.8 Å². The van der Waals surface area contributed by atoms with E-state index in [2.05, 4.69) is 15.5 Å². The monoisotopic (exact) mass is 305 g/mol. The van der Waals surface area contributed by atoms with Crippen LogP contribution in [0.1, 0.15) is 46.4 Å². The minimum Gasteiger partial charge on any atom is -0.383 e. The molecule has 0 spiro atoms. The third-order valence-electron chi connectivity index (χ3n) is 3.92. The molecule has 2 aromatic heterocycles. The van der Waals surface area contributed by atoms with Crippen molar-refractivity contribution in [2.75, 3.05) is 6.54 Å². The molecule has 0 saturated carbocycles. The zero-order valence-electron chi connectivity index (χ0n) is 12.0. The van der Waals surface area contributed by atoms with Crippen LogP contribution in [0.5, 0.6) is 0 Å². The third kappa shape index (κ3) is 2.87. The molecule has 0 aromatic carbocycles. The Morgan fingerprint density at radius 3 is 3.10 bits per heavy atom. The Morgan fingerprint density at radius 2 is 2.33 bits per heavy atom. The number of nitrogens with zero attached hydrogens (tertiary/aromatic N) is 1. The Hall–Kier alpha value is -1.66. The van der Waals surface area contributed by atoms with E-state index < -0.39 is 5.60 Å². The molecule has 0 bridgehead atoms. The largest absolute Gasteiger partial charge is 0.383 e. The summed E-state index contributed by atoms with van der Waals surface area (Å²) in [5, 5.41) is 22.2. The number of hydrogen-bond acceptors (Lipinski definition) is 4. The SMILES string of the molecule is CC(O)(CNC(=O)c1n[nH]c2c1CCCC2)c1cccs1. The summed E-state index contributed by atoms with van der Waals surface area (Å²) >= 11 is 1.48. The van der Waals surface area contributed by atoms with Crippen LogP contribution < -0.4 is 5.32 Å². The number of carbonyl (C=O) groups excluding carboxylic acids is 1. The molecule has 112 valence electrons. The first-order chi connectivity index (χ1) is 10.1. The number of H-pyrrole nitrogens is 1. The van der Waals surface area contributed by atoms with Crippen LogP contribution in [0.4, 0.5) is 0 Å². The molecule has 1 aliphatic carbocycles. The van der Waals surface area contributed by atoms with Gasteiger partial charge in [0.05, 0.1) is 6.54 Å². The van der Waals surface area contributed by atoms with Gasteiger partial charge >= 0.3 is 0 Å². The van der Waals surface area contributed by atoms with Crippen LogP contribution in [0.2, 0.25) is 0 Å². The number of aliphatic hydroxyl groups is 1. The second-order valence-corrected chi connectivity index (χ2v) is 6.62. The lowest BCUT2D eigenvalue weighted by Crippen LogP contribution is -2.38. The van der Waals surface area contributed by atoms with Crippen molar-refractivity contribution in [2.24, 2.45) is 0 Å². The minimum absolute atomic E-state index is 0.175. The van der Waals surface area contributed by atoms with Crippen molar-refractivity contribution in [1.29, 1.82) is 0 Å². The number of rotatable bonds is 4. The maximum atomic E-state index is 12.3. The zero-order valence-corrected chi connectivity index (χ0v) is 12.8. The number of thiophene rings is 1. The van der Waals surface area contributed by atoms with Crippen molar-refractivity contribution in [3.8, 4) is 0 Å². The molecule has 21 heavy (non-hydrogen) atoms. The molecule has 0 fully saturated rings. The number of aromatic amines is 1. The van der Waals surface area contributed by atoms with E-state index in [-0.39, 0.29) is 12.5 Å². The van der Waals surface area contributed by atoms with E-state index in [9.17, 15) is 9.90 Å². The van der Waals surface area contributed by atoms with E-state index in [4.69, 9.17) is 0 Å². The number of amides is 1. The summed E-state index contributed by atoms with van der Waals surface area (Å²) in [6, 6.07) is 3.76. The second kappa shape index (κ2) is 5.61. The normalized spacial score (nSPS) is 17.0. The molecule has 1 aliphatic rings. The highest BCUT2D eigenvalue weighted by Gasteiger charge is 2.27. The molecule has 5 nitrogen and oxygen atoms in total. The lowest BCUT2D eigenvalue weighted by molar-refractivity contribution is 0.0555. The van der Waals surface area contributed by atoms with Crippen molar-refractivity contribution < 1.29 is 9.90 Å². The average molecular weight is 305 g/mol. The predicted octanol–water partition coefficient (Wildman–Crippen LogP) is 1.99. The fraction of sp³-hybridized carbons (Fsp3) is 0.467. The third-order valence-corrected chi connectivity index (χ3v) is 5.04. The predicted molar refractivity (Wildman–Crippen MR) is 81.5 cm³/mol. The van der Waals surface area contributed by atoms with Gasteiger partial charge in [0.2, 0.25) is 0 Å². The topological polar surface area (TPSA) is 78.0 Å². The number of nitrogens with one attached hydrogen (secondary N) is 2.